The molecule has 0 heterocycles. The Morgan fingerprint density at radius 1 is 0.872 bits per heavy atom. The number of rotatable bonds is 13. The van der Waals surface area contributed by atoms with E-state index in [0.29, 0.717) is 6.42 Å². The average Bonchev–Trinajstić information content (AvgIpc) is 2.92. The van der Waals surface area contributed by atoms with Crippen LogP contribution in [-0.2, 0) is 27.8 Å². The van der Waals surface area contributed by atoms with Crippen LogP contribution < -0.4 is 10.2 Å². The number of hydrogen-bond acceptors (Lipinski definition) is 6. The number of carbonyl (C=O) groups is 1. The second kappa shape index (κ2) is 14.1. The Bertz CT molecular complexity index is 1270. The average molecular weight is 554 g/mol. The van der Waals surface area contributed by atoms with Crippen LogP contribution in [0, 0.1) is 5.92 Å². The molecule has 2 N–H and O–H groups in total. The Morgan fingerprint density at radius 2 is 1.44 bits per heavy atom. The van der Waals surface area contributed by atoms with Crippen LogP contribution in [0.3, 0.4) is 0 Å². The van der Waals surface area contributed by atoms with E-state index < -0.39 is 28.3 Å². The molecular formula is C30H39N3O5S. The number of alkyl carbamates (subject to hydrolysis) is 1. The van der Waals surface area contributed by atoms with Gasteiger partial charge in [0.15, 0.2) is 0 Å². The zero-order valence-corrected chi connectivity index (χ0v) is 23.8. The zero-order valence-electron chi connectivity index (χ0n) is 23.0. The Kier molecular flexibility index (Phi) is 10.9. The van der Waals surface area contributed by atoms with E-state index in [1.165, 1.54) is 4.31 Å². The fourth-order valence-corrected chi connectivity index (χ4v) is 5.77. The van der Waals surface area contributed by atoms with E-state index in [2.05, 4.69) is 5.32 Å². The van der Waals surface area contributed by atoms with Crippen LogP contribution in [0.15, 0.2) is 89.8 Å². The highest BCUT2D eigenvalue weighted by Gasteiger charge is 2.31. The molecule has 9 heteroatoms. The molecule has 0 radical (unpaired) electrons. The molecule has 0 unspecified atom stereocenters. The van der Waals surface area contributed by atoms with Gasteiger partial charge >= 0.3 is 6.09 Å². The van der Waals surface area contributed by atoms with Gasteiger partial charge in [-0.05, 0) is 47.7 Å². The van der Waals surface area contributed by atoms with Gasteiger partial charge in [-0.15, -0.1) is 0 Å². The maximum absolute atomic E-state index is 13.6. The summed E-state index contributed by atoms with van der Waals surface area (Å²) in [7, 11) is -0.135. The third-order valence-corrected chi connectivity index (χ3v) is 8.08. The maximum atomic E-state index is 13.6. The van der Waals surface area contributed by atoms with Crippen molar-refractivity contribution in [2.45, 2.75) is 43.9 Å². The number of anilines is 1. The molecule has 0 bridgehead atoms. The van der Waals surface area contributed by atoms with Crippen LogP contribution in [-0.4, -0.2) is 63.3 Å². The predicted molar refractivity (Wildman–Crippen MR) is 154 cm³/mol. The summed E-state index contributed by atoms with van der Waals surface area (Å²) in [5.41, 5.74) is 2.61. The fraction of sp³-hybridized carbons (Fsp3) is 0.367. The number of nitrogens with one attached hydrogen (secondary N) is 1. The standard InChI is InChI=1S/C30H39N3O5S/c1-23(2)20-33(39(36,37)27-17-15-26(16-18-27)32(3)4)21-29(34)28(19-24-11-7-5-8-12-24)31-30(35)38-22-25-13-9-6-10-14-25/h5-18,23,28-29,34H,19-22H2,1-4H3,(H,31,35)/t28-,29+/m0/s1. The van der Waals surface area contributed by atoms with Gasteiger partial charge in [-0.1, -0.05) is 74.5 Å². The van der Waals surface area contributed by atoms with Gasteiger partial charge in [0.05, 0.1) is 17.0 Å². The van der Waals surface area contributed by atoms with Crippen molar-refractivity contribution in [3.63, 3.8) is 0 Å². The van der Waals surface area contributed by atoms with Crippen molar-refractivity contribution >= 4 is 21.8 Å². The number of aliphatic hydroxyl groups excluding tert-OH is 1. The lowest BCUT2D eigenvalue weighted by atomic mass is 10.0. The van der Waals surface area contributed by atoms with Crippen LogP contribution in [0.25, 0.3) is 0 Å². The molecule has 0 aliphatic rings. The molecule has 0 saturated carbocycles. The second-order valence-electron chi connectivity index (χ2n) is 10.2. The van der Waals surface area contributed by atoms with Crippen molar-refractivity contribution in [3.05, 3.63) is 96.1 Å². The first kappa shape index (κ1) is 30.1. The van der Waals surface area contributed by atoms with Crippen LogP contribution in [0.5, 0.6) is 0 Å². The van der Waals surface area contributed by atoms with Crippen LogP contribution >= 0.6 is 0 Å². The molecule has 0 aliphatic carbocycles. The number of hydrogen-bond donors (Lipinski definition) is 2. The van der Waals surface area contributed by atoms with Gasteiger partial charge < -0.3 is 20.1 Å². The number of ether oxygens (including phenoxy) is 1. The lowest BCUT2D eigenvalue weighted by molar-refractivity contribution is 0.0873. The summed E-state index contributed by atoms with van der Waals surface area (Å²) in [6.07, 6.45) is -1.57. The molecule has 0 spiro atoms. The van der Waals surface area contributed by atoms with E-state index in [1.54, 1.807) is 24.3 Å². The number of carbonyl (C=O) groups excluding carboxylic acids is 1. The van der Waals surface area contributed by atoms with E-state index in [0.717, 1.165) is 16.8 Å². The maximum Gasteiger partial charge on any atom is 0.407 e. The molecule has 3 aromatic rings. The quantitative estimate of drug-likeness (QED) is 0.328. The lowest BCUT2D eigenvalue weighted by Gasteiger charge is -2.30. The molecule has 3 rings (SSSR count). The van der Waals surface area contributed by atoms with Gasteiger partial charge in [0.25, 0.3) is 0 Å². The second-order valence-corrected chi connectivity index (χ2v) is 12.1. The number of sulfonamides is 1. The molecule has 0 aromatic heterocycles. The van der Waals surface area contributed by atoms with Crippen LogP contribution in [0.2, 0.25) is 0 Å². The molecule has 1 amide bonds. The third-order valence-electron chi connectivity index (χ3n) is 6.23. The van der Waals surface area contributed by atoms with Crippen molar-refractivity contribution in [2.24, 2.45) is 5.92 Å². The topological polar surface area (TPSA) is 99.2 Å². The van der Waals surface area contributed by atoms with Gasteiger partial charge in [-0.2, -0.15) is 4.31 Å². The Hall–Kier alpha value is -3.40. The first-order valence-electron chi connectivity index (χ1n) is 13.0. The van der Waals surface area contributed by atoms with E-state index >= 15 is 0 Å². The minimum absolute atomic E-state index is 0.0180. The minimum Gasteiger partial charge on any atom is -0.445 e. The molecule has 8 nitrogen and oxygen atoms in total. The van der Waals surface area contributed by atoms with Crippen molar-refractivity contribution in [2.75, 3.05) is 32.1 Å². The summed E-state index contributed by atoms with van der Waals surface area (Å²) in [4.78, 5) is 14.8. The monoisotopic (exact) mass is 553 g/mol. The molecule has 210 valence electrons. The number of nitrogens with zero attached hydrogens (tertiary/aromatic N) is 2. The molecular weight excluding hydrogens is 514 g/mol. The summed E-state index contributed by atoms with van der Waals surface area (Å²) in [5.74, 6) is 0.0180. The highest BCUT2D eigenvalue weighted by Crippen LogP contribution is 2.22. The zero-order chi connectivity index (χ0) is 28.4. The molecule has 39 heavy (non-hydrogen) atoms. The molecule has 0 saturated heterocycles. The summed E-state index contributed by atoms with van der Waals surface area (Å²) in [6, 6.07) is 24.6. The SMILES string of the molecule is CC(C)CN(C[C@@H](O)[C@H](Cc1ccccc1)NC(=O)OCc1ccccc1)S(=O)(=O)c1ccc(N(C)C)cc1. The Balaban J connectivity index is 1.80. The smallest absolute Gasteiger partial charge is 0.407 e. The normalized spacial score (nSPS) is 13.2. The van der Waals surface area contributed by atoms with E-state index in [-0.39, 0.29) is 30.5 Å². The van der Waals surface area contributed by atoms with Crippen LogP contribution in [0.1, 0.15) is 25.0 Å². The molecule has 0 aliphatic heterocycles. The van der Waals surface area contributed by atoms with E-state index in [4.69, 9.17) is 4.74 Å². The number of amides is 1. The first-order valence-corrected chi connectivity index (χ1v) is 14.5. The van der Waals surface area contributed by atoms with Gasteiger partial charge in [0.2, 0.25) is 10.0 Å². The summed E-state index contributed by atoms with van der Waals surface area (Å²) in [6.45, 7) is 3.95. The fourth-order valence-electron chi connectivity index (χ4n) is 4.15. The van der Waals surface area contributed by atoms with E-state index in [1.807, 2.05) is 93.5 Å². The van der Waals surface area contributed by atoms with E-state index in [9.17, 15) is 18.3 Å². The van der Waals surface area contributed by atoms with Crippen molar-refractivity contribution in [1.82, 2.24) is 9.62 Å². The Morgan fingerprint density at radius 3 is 1.97 bits per heavy atom. The van der Waals surface area contributed by atoms with Gasteiger partial charge in [0.1, 0.15) is 6.61 Å². The van der Waals surface area contributed by atoms with Gasteiger partial charge in [-0.25, -0.2) is 13.2 Å². The third kappa shape index (κ3) is 9.09. The molecule has 3 aromatic carbocycles. The van der Waals surface area contributed by atoms with Gasteiger partial charge in [0, 0.05) is 32.9 Å². The lowest BCUT2D eigenvalue weighted by Crippen LogP contribution is -2.51. The van der Waals surface area contributed by atoms with Gasteiger partial charge in [-0.3, -0.25) is 0 Å². The molecule has 0 fully saturated rings. The first-order chi connectivity index (χ1) is 18.6. The predicted octanol–water partition coefficient (Wildman–Crippen LogP) is 4.30. The highest BCUT2D eigenvalue weighted by atomic mass is 32.2. The largest absolute Gasteiger partial charge is 0.445 e. The Labute approximate surface area is 232 Å². The van der Waals surface area contributed by atoms with Crippen molar-refractivity contribution in [3.8, 4) is 0 Å². The highest BCUT2D eigenvalue weighted by molar-refractivity contribution is 7.89. The number of aliphatic hydroxyl groups is 1. The van der Waals surface area contributed by atoms with Crippen molar-refractivity contribution < 1.29 is 23.1 Å². The van der Waals surface area contributed by atoms with Crippen molar-refractivity contribution in [1.29, 1.82) is 0 Å². The summed E-state index contributed by atoms with van der Waals surface area (Å²) < 4.78 is 34.0. The summed E-state index contributed by atoms with van der Waals surface area (Å²) in [5, 5.41) is 14.1. The molecule has 2 atom stereocenters. The van der Waals surface area contributed by atoms with Crippen LogP contribution in [0.4, 0.5) is 10.5 Å². The summed E-state index contributed by atoms with van der Waals surface area (Å²) >= 11 is 0. The number of benzene rings is 3. The minimum atomic E-state index is -3.90.